The van der Waals surface area contributed by atoms with Crippen LogP contribution in [0.25, 0.3) is 0 Å². The van der Waals surface area contributed by atoms with E-state index in [-0.39, 0.29) is 11.7 Å². The van der Waals surface area contributed by atoms with Crippen molar-refractivity contribution in [2.45, 2.75) is 33.2 Å². The fourth-order valence-electron chi connectivity index (χ4n) is 4.55. The maximum Gasteiger partial charge on any atom is 0.203 e. The molecule has 0 amide bonds. The first-order chi connectivity index (χ1) is 14.9. The Morgan fingerprint density at radius 1 is 0.903 bits per heavy atom. The number of carbonyl (C=O) groups is 1. The molecule has 168 valence electrons. The predicted octanol–water partition coefficient (Wildman–Crippen LogP) is 4.43. The van der Waals surface area contributed by atoms with Gasteiger partial charge in [-0.1, -0.05) is 0 Å². The zero-order valence-electron chi connectivity index (χ0n) is 19.4. The topological polar surface area (TPSA) is 57.2 Å². The molecule has 1 atom stereocenters. The van der Waals surface area contributed by atoms with E-state index in [9.17, 15) is 4.79 Å². The van der Waals surface area contributed by atoms with E-state index in [0.29, 0.717) is 17.2 Å². The van der Waals surface area contributed by atoms with Gasteiger partial charge in [-0.05, 0) is 74.2 Å². The van der Waals surface area contributed by atoms with E-state index in [0.717, 1.165) is 60.5 Å². The van der Waals surface area contributed by atoms with Gasteiger partial charge >= 0.3 is 0 Å². The number of hydrogen-bond donors (Lipinski definition) is 0. The monoisotopic (exact) mass is 427 g/mol. The number of hydrogen-bond acceptors (Lipinski definition) is 6. The molecule has 6 heteroatoms. The van der Waals surface area contributed by atoms with Crippen LogP contribution >= 0.6 is 0 Å². The molecule has 3 rings (SSSR count). The standard InChI is InChI=1S/C25H33NO5/c1-16-10-20(11-17(2)24(16)30-5)23(27)19-8-7-9-26(15-19)14-18-12-21(28-3)25(31-6)22(13-18)29-4/h10-13,19H,7-9,14-15H2,1-6H3. The molecule has 1 unspecified atom stereocenters. The molecular weight excluding hydrogens is 394 g/mol. The summed E-state index contributed by atoms with van der Waals surface area (Å²) in [5, 5.41) is 0. The summed E-state index contributed by atoms with van der Waals surface area (Å²) in [5.41, 5.74) is 3.83. The number of Topliss-reactive ketones (excluding diaryl/α,β-unsaturated/α-hetero) is 1. The summed E-state index contributed by atoms with van der Waals surface area (Å²) in [7, 11) is 6.51. The van der Waals surface area contributed by atoms with Crippen molar-refractivity contribution in [2.24, 2.45) is 5.92 Å². The number of nitrogens with zero attached hydrogens (tertiary/aromatic N) is 1. The molecule has 1 fully saturated rings. The van der Waals surface area contributed by atoms with Gasteiger partial charge in [0.05, 0.1) is 28.4 Å². The quantitative estimate of drug-likeness (QED) is 0.581. The van der Waals surface area contributed by atoms with Crippen LogP contribution in [-0.2, 0) is 6.54 Å². The molecular formula is C25H33NO5. The van der Waals surface area contributed by atoms with Crippen molar-refractivity contribution in [3.05, 3.63) is 46.5 Å². The maximum absolute atomic E-state index is 13.3. The number of methoxy groups -OCH3 is 4. The minimum absolute atomic E-state index is 0.0111. The molecule has 0 aliphatic carbocycles. The summed E-state index contributed by atoms with van der Waals surface area (Å²) in [6.45, 7) is 6.39. The van der Waals surface area contributed by atoms with Crippen LogP contribution in [-0.4, -0.2) is 52.2 Å². The normalized spacial score (nSPS) is 16.6. The van der Waals surface area contributed by atoms with Crippen LogP contribution in [0, 0.1) is 19.8 Å². The van der Waals surface area contributed by atoms with Crippen LogP contribution in [0.15, 0.2) is 24.3 Å². The van der Waals surface area contributed by atoms with Gasteiger partial charge < -0.3 is 18.9 Å². The Morgan fingerprint density at radius 2 is 1.48 bits per heavy atom. The summed E-state index contributed by atoms with van der Waals surface area (Å²) in [6, 6.07) is 7.85. The van der Waals surface area contributed by atoms with E-state index in [4.69, 9.17) is 18.9 Å². The van der Waals surface area contributed by atoms with Gasteiger partial charge in [0, 0.05) is 24.6 Å². The number of benzene rings is 2. The Labute approximate surface area is 185 Å². The summed E-state index contributed by atoms with van der Waals surface area (Å²) in [4.78, 5) is 15.6. The van der Waals surface area contributed by atoms with E-state index >= 15 is 0 Å². The van der Waals surface area contributed by atoms with Crippen molar-refractivity contribution in [1.29, 1.82) is 0 Å². The number of likely N-dealkylation sites (tertiary alicyclic amines) is 1. The SMILES string of the molecule is COc1cc(CN2CCCC(C(=O)c3cc(C)c(OC)c(C)c3)C2)cc(OC)c1OC. The van der Waals surface area contributed by atoms with Gasteiger partial charge in [0.15, 0.2) is 17.3 Å². The number of aryl methyl sites for hydroxylation is 2. The number of ketones is 1. The summed E-state index contributed by atoms with van der Waals surface area (Å²) in [6.07, 6.45) is 1.91. The molecule has 1 heterocycles. The molecule has 31 heavy (non-hydrogen) atoms. The molecule has 0 spiro atoms. The molecule has 0 saturated carbocycles. The lowest BCUT2D eigenvalue weighted by atomic mass is 9.88. The Morgan fingerprint density at radius 3 is 2.00 bits per heavy atom. The van der Waals surface area contributed by atoms with Crippen LogP contribution in [0.1, 0.15) is 39.9 Å². The Kier molecular flexibility index (Phi) is 7.44. The second-order valence-electron chi connectivity index (χ2n) is 8.12. The van der Waals surface area contributed by atoms with Gasteiger partial charge in [-0.2, -0.15) is 0 Å². The number of carbonyl (C=O) groups excluding carboxylic acids is 1. The lowest BCUT2D eigenvalue weighted by Crippen LogP contribution is -2.38. The average Bonchev–Trinajstić information content (AvgIpc) is 2.77. The molecule has 1 aliphatic heterocycles. The Hall–Kier alpha value is -2.73. The second kappa shape index (κ2) is 10.1. The van der Waals surface area contributed by atoms with Crippen LogP contribution in [0.5, 0.6) is 23.0 Å². The van der Waals surface area contributed by atoms with Crippen molar-refractivity contribution in [3.63, 3.8) is 0 Å². The highest BCUT2D eigenvalue weighted by Crippen LogP contribution is 2.38. The van der Waals surface area contributed by atoms with Crippen molar-refractivity contribution in [2.75, 3.05) is 41.5 Å². The van der Waals surface area contributed by atoms with Gasteiger partial charge in [0.1, 0.15) is 5.75 Å². The maximum atomic E-state index is 13.3. The largest absolute Gasteiger partial charge is 0.496 e. The lowest BCUT2D eigenvalue weighted by molar-refractivity contribution is 0.0811. The first kappa shape index (κ1) is 22.9. The van der Waals surface area contributed by atoms with Crippen molar-refractivity contribution >= 4 is 5.78 Å². The minimum Gasteiger partial charge on any atom is -0.496 e. The van der Waals surface area contributed by atoms with Crippen molar-refractivity contribution < 1.29 is 23.7 Å². The third-order valence-corrected chi connectivity index (χ3v) is 5.96. The van der Waals surface area contributed by atoms with Gasteiger partial charge in [-0.3, -0.25) is 9.69 Å². The van der Waals surface area contributed by atoms with Gasteiger partial charge in [-0.25, -0.2) is 0 Å². The molecule has 6 nitrogen and oxygen atoms in total. The van der Waals surface area contributed by atoms with E-state index in [2.05, 4.69) is 4.90 Å². The summed E-state index contributed by atoms with van der Waals surface area (Å²) >= 11 is 0. The molecule has 0 N–H and O–H groups in total. The fourth-order valence-corrected chi connectivity index (χ4v) is 4.55. The van der Waals surface area contributed by atoms with E-state index in [1.54, 1.807) is 28.4 Å². The highest BCUT2D eigenvalue weighted by molar-refractivity contribution is 5.98. The van der Waals surface area contributed by atoms with Crippen molar-refractivity contribution in [3.8, 4) is 23.0 Å². The first-order valence-corrected chi connectivity index (χ1v) is 10.6. The molecule has 1 saturated heterocycles. The number of ether oxygens (including phenoxy) is 4. The highest BCUT2D eigenvalue weighted by atomic mass is 16.5. The smallest absolute Gasteiger partial charge is 0.203 e. The molecule has 1 aliphatic rings. The predicted molar refractivity (Wildman–Crippen MR) is 121 cm³/mol. The third kappa shape index (κ3) is 4.96. The van der Waals surface area contributed by atoms with Crippen LogP contribution in [0.3, 0.4) is 0 Å². The molecule has 0 bridgehead atoms. The third-order valence-electron chi connectivity index (χ3n) is 5.96. The zero-order chi connectivity index (χ0) is 22.5. The van der Waals surface area contributed by atoms with Crippen LogP contribution in [0.4, 0.5) is 0 Å². The van der Waals surface area contributed by atoms with E-state index < -0.39 is 0 Å². The molecule has 2 aromatic rings. The van der Waals surface area contributed by atoms with Gasteiger partial charge in [0.2, 0.25) is 5.75 Å². The van der Waals surface area contributed by atoms with Gasteiger partial charge in [-0.15, -0.1) is 0 Å². The summed E-state index contributed by atoms with van der Waals surface area (Å²) in [5.74, 6) is 2.93. The molecule has 0 radical (unpaired) electrons. The second-order valence-corrected chi connectivity index (χ2v) is 8.12. The fraction of sp³-hybridized carbons (Fsp3) is 0.480. The average molecular weight is 428 g/mol. The lowest BCUT2D eigenvalue weighted by Gasteiger charge is -2.32. The van der Waals surface area contributed by atoms with Crippen LogP contribution < -0.4 is 18.9 Å². The number of rotatable bonds is 8. The number of piperidine rings is 1. The minimum atomic E-state index is -0.0111. The Balaban J connectivity index is 1.76. The Bertz CT molecular complexity index is 891. The van der Waals surface area contributed by atoms with E-state index in [1.165, 1.54) is 0 Å². The summed E-state index contributed by atoms with van der Waals surface area (Å²) < 4.78 is 21.8. The van der Waals surface area contributed by atoms with Gasteiger partial charge in [0.25, 0.3) is 0 Å². The van der Waals surface area contributed by atoms with Crippen LogP contribution in [0.2, 0.25) is 0 Å². The first-order valence-electron chi connectivity index (χ1n) is 10.6. The highest BCUT2D eigenvalue weighted by Gasteiger charge is 2.28. The molecule has 0 aromatic heterocycles. The van der Waals surface area contributed by atoms with E-state index in [1.807, 2.05) is 38.1 Å². The van der Waals surface area contributed by atoms with Crippen molar-refractivity contribution in [1.82, 2.24) is 4.90 Å². The zero-order valence-corrected chi connectivity index (χ0v) is 19.4. The molecule has 2 aromatic carbocycles.